The first-order valence-corrected chi connectivity index (χ1v) is 5.83. The summed E-state index contributed by atoms with van der Waals surface area (Å²) in [5, 5.41) is 2.34. The minimum absolute atomic E-state index is 0.0573. The molecule has 0 saturated heterocycles. The molecule has 1 aromatic carbocycles. The second kappa shape index (κ2) is 6.10. The Morgan fingerprint density at radius 1 is 0.900 bits per heavy atom. The van der Waals surface area contributed by atoms with Gasteiger partial charge in [0.05, 0.1) is 12.8 Å². The van der Waals surface area contributed by atoms with Crippen LogP contribution in [0.3, 0.4) is 0 Å². The number of methoxy groups -OCH3 is 1. The third-order valence-corrected chi connectivity index (χ3v) is 2.72. The van der Waals surface area contributed by atoms with Crippen molar-refractivity contribution >= 4 is 29.1 Å². The zero-order valence-electron chi connectivity index (χ0n) is 11.7. The molecule has 0 spiro atoms. The maximum absolute atomic E-state index is 11.7. The van der Waals surface area contributed by atoms with Crippen LogP contribution in [0.5, 0.6) is 0 Å². The van der Waals surface area contributed by atoms with Gasteiger partial charge in [-0.2, -0.15) is 0 Å². The highest BCUT2D eigenvalue weighted by molar-refractivity contribution is 6.13. The van der Waals surface area contributed by atoms with Crippen LogP contribution in [0.4, 0.5) is 10.5 Å². The highest BCUT2D eigenvalue weighted by atomic mass is 16.5. The molecule has 0 radical (unpaired) electrons. The van der Waals surface area contributed by atoms with Gasteiger partial charge in [0.1, 0.15) is 0 Å². The maximum atomic E-state index is 11.7. The van der Waals surface area contributed by atoms with E-state index in [-0.39, 0.29) is 39.7 Å². The van der Waals surface area contributed by atoms with Crippen LogP contribution >= 0.6 is 0 Å². The number of benzene rings is 1. The topological polar surface area (TPSA) is 89.5 Å². The molecule has 0 aliphatic heterocycles. The number of Topliss-reactive ketones (excluding diaryl/α,β-unsaturated/α-hetero) is 3. The number of carbonyl (C=O) groups is 4. The van der Waals surface area contributed by atoms with E-state index >= 15 is 0 Å². The third kappa shape index (κ3) is 3.28. The Labute approximate surface area is 116 Å². The summed E-state index contributed by atoms with van der Waals surface area (Å²) in [6.07, 6.45) is -0.800. The maximum Gasteiger partial charge on any atom is 0.411 e. The van der Waals surface area contributed by atoms with Crippen LogP contribution in [0.1, 0.15) is 51.8 Å². The number of anilines is 1. The van der Waals surface area contributed by atoms with E-state index in [1.54, 1.807) is 0 Å². The highest BCUT2D eigenvalue weighted by Gasteiger charge is 2.20. The predicted molar refractivity (Wildman–Crippen MR) is 72.5 cm³/mol. The van der Waals surface area contributed by atoms with Crippen molar-refractivity contribution in [2.75, 3.05) is 12.4 Å². The van der Waals surface area contributed by atoms with Gasteiger partial charge in [0.15, 0.2) is 17.3 Å². The van der Waals surface area contributed by atoms with Crippen molar-refractivity contribution in [2.45, 2.75) is 20.8 Å². The molecule has 106 valence electrons. The number of ether oxygens (including phenoxy) is 1. The third-order valence-electron chi connectivity index (χ3n) is 2.72. The number of hydrogen-bond acceptors (Lipinski definition) is 5. The lowest BCUT2D eigenvalue weighted by Crippen LogP contribution is -2.17. The molecular formula is C14H15NO5. The molecule has 0 aliphatic rings. The first-order chi connectivity index (χ1) is 9.27. The molecule has 6 heteroatoms. The standard InChI is InChI=1S/C14H15NO5/c1-7(16)10-5-11(8(2)17)13(15-14(19)20-4)12(6-10)9(3)18/h5-6H,1-4H3,(H,15,19). The van der Waals surface area contributed by atoms with Crippen molar-refractivity contribution in [3.63, 3.8) is 0 Å². The van der Waals surface area contributed by atoms with Crippen molar-refractivity contribution in [3.05, 3.63) is 28.8 Å². The quantitative estimate of drug-likeness (QED) is 0.854. The SMILES string of the molecule is COC(=O)Nc1c(C(C)=O)cc(C(C)=O)cc1C(C)=O. The lowest BCUT2D eigenvalue weighted by Gasteiger charge is -2.14. The van der Waals surface area contributed by atoms with Crippen LogP contribution in [-0.4, -0.2) is 30.6 Å². The van der Waals surface area contributed by atoms with Crippen LogP contribution in [0.2, 0.25) is 0 Å². The average Bonchev–Trinajstić information content (AvgIpc) is 2.37. The molecule has 6 nitrogen and oxygen atoms in total. The van der Waals surface area contributed by atoms with Crippen molar-refractivity contribution in [1.82, 2.24) is 0 Å². The van der Waals surface area contributed by atoms with Crippen molar-refractivity contribution in [2.24, 2.45) is 0 Å². The van der Waals surface area contributed by atoms with E-state index < -0.39 is 6.09 Å². The number of carbonyl (C=O) groups excluding carboxylic acids is 4. The van der Waals surface area contributed by atoms with Gasteiger partial charge in [0.25, 0.3) is 0 Å². The minimum atomic E-state index is -0.800. The number of hydrogen-bond donors (Lipinski definition) is 1. The number of amides is 1. The second-order valence-corrected chi connectivity index (χ2v) is 4.23. The Morgan fingerprint density at radius 2 is 1.35 bits per heavy atom. The normalized spacial score (nSPS) is 9.80. The smallest absolute Gasteiger partial charge is 0.411 e. The van der Waals surface area contributed by atoms with Gasteiger partial charge in [0, 0.05) is 16.7 Å². The van der Waals surface area contributed by atoms with Crippen LogP contribution in [0, 0.1) is 0 Å². The summed E-state index contributed by atoms with van der Waals surface area (Å²) in [5.74, 6) is -1.02. The van der Waals surface area contributed by atoms with Crippen LogP contribution < -0.4 is 5.32 Å². The molecule has 1 aromatic rings. The van der Waals surface area contributed by atoms with E-state index in [0.717, 1.165) is 0 Å². The molecule has 0 saturated carbocycles. The molecule has 0 heterocycles. The summed E-state index contributed by atoms with van der Waals surface area (Å²) in [5.41, 5.74) is 0.472. The van der Waals surface area contributed by atoms with Crippen LogP contribution in [0.25, 0.3) is 0 Å². The lowest BCUT2D eigenvalue weighted by molar-refractivity contribution is 0.101. The summed E-state index contributed by atoms with van der Waals surface area (Å²) >= 11 is 0. The molecule has 0 fully saturated rings. The van der Waals surface area contributed by atoms with E-state index in [4.69, 9.17) is 0 Å². The Hall–Kier alpha value is -2.50. The number of nitrogens with one attached hydrogen (secondary N) is 1. The van der Waals surface area contributed by atoms with Crippen LogP contribution in [-0.2, 0) is 4.74 Å². The summed E-state index contributed by atoms with van der Waals surface area (Å²) in [6.45, 7) is 3.90. The zero-order valence-corrected chi connectivity index (χ0v) is 11.7. The Kier molecular flexibility index (Phi) is 4.74. The van der Waals surface area contributed by atoms with Gasteiger partial charge in [-0.05, 0) is 32.9 Å². The fraction of sp³-hybridized carbons (Fsp3) is 0.286. The van der Waals surface area contributed by atoms with E-state index in [2.05, 4.69) is 10.1 Å². The molecule has 0 atom stereocenters. The van der Waals surface area contributed by atoms with E-state index in [1.165, 1.54) is 40.0 Å². The average molecular weight is 277 g/mol. The van der Waals surface area contributed by atoms with Crippen molar-refractivity contribution < 1.29 is 23.9 Å². The Balaban J connectivity index is 3.59. The van der Waals surface area contributed by atoms with Gasteiger partial charge < -0.3 is 4.74 Å². The fourth-order valence-corrected chi connectivity index (χ4v) is 1.69. The van der Waals surface area contributed by atoms with Gasteiger partial charge in [-0.15, -0.1) is 0 Å². The van der Waals surface area contributed by atoms with Crippen LogP contribution in [0.15, 0.2) is 12.1 Å². The van der Waals surface area contributed by atoms with Gasteiger partial charge >= 0.3 is 6.09 Å². The molecule has 0 unspecified atom stereocenters. The van der Waals surface area contributed by atoms with E-state index in [0.29, 0.717) is 0 Å². The highest BCUT2D eigenvalue weighted by Crippen LogP contribution is 2.25. The van der Waals surface area contributed by atoms with Crippen molar-refractivity contribution in [1.29, 1.82) is 0 Å². The number of rotatable bonds is 4. The largest absolute Gasteiger partial charge is 0.453 e. The molecule has 20 heavy (non-hydrogen) atoms. The molecular weight excluding hydrogens is 262 g/mol. The summed E-state index contributed by atoms with van der Waals surface area (Å²) in [7, 11) is 1.17. The summed E-state index contributed by atoms with van der Waals surface area (Å²) < 4.78 is 4.46. The first kappa shape index (κ1) is 15.6. The molecule has 0 bridgehead atoms. The van der Waals surface area contributed by atoms with Gasteiger partial charge in [-0.25, -0.2) is 4.79 Å². The molecule has 0 aromatic heterocycles. The van der Waals surface area contributed by atoms with Crippen molar-refractivity contribution in [3.8, 4) is 0 Å². The molecule has 1 rings (SSSR count). The summed E-state index contributed by atoms with van der Waals surface area (Å²) in [4.78, 5) is 46.1. The fourth-order valence-electron chi connectivity index (χ4n) is 1.69. The summed E-state index contributed by atoms with van der Waals surface area (Å²) in [6, 6.07) is 2.70. The van der Waals surface area contributed by atoms with Gasteiger partial charge in [0.2, 0.25) is 0 Å². The lowest BCUT2D eigenvalue weighted by atomic mass is 9.96. The minimum Gasteiger partial charge on any atom is -0.453 e. The van der Waals surface area contributed by atoms with Gasteiger partial charge in [-0.1, -0.05) is 0 Å². The van der Waals surface area contributed by atoms with E-state index in [9.17, 15) is 19.2 Å². The first-order valence-electron chi connectivity index (χ1n) is 5.83. The zero-order chi connectivity index (χ0) is 15.4. The number of ketones is 3. The Bertz CT molecular complexity index is 569. The molecule has 0 aliphatic carbocycles. The monoisotopic (exact) mass is 277 g/mol. The molecule has 1 N–H and O–H groups in total. The molecule has 1 amide bonds. The van der Waals surface area contributed by atoms with E-state index in [1.807, 2.05) is 0 Å². The van der Waals surface area contributed by atoms with Gasteiger partial charge in [-0.3, -0.25) is 19.7 Å². The second-order valence-electron chi connectivity index (χ2n) is 4.23. The predicted octanol–water partition coefficient (Wildman–Crippen LogP) is 2.47. The Morgan fingerprint density at radius 3 is 1.65 bits per heavy atom.